The summed E-state index contributed by atoms with van der Waals surface area (Å²) in [5.74, 6) is 0.875. The van der Waals surface area contributed by atoms with E-state index < -0.39 is 0 Å². The molecule has 2 N–H and O–H groups in total. The summed E-state index contributed by atoms with van der Waals surface area (Å²) in [6.45, 7) is 0.644. The lowest BCUT2D eigenvalue weighted by Crippen LogP contribution is -2.03. The van der Waals surface area contributed by atoms with E-state index in [1.165, 1.54) is 10.9 Å². The number of fused-ring (bicyclic) bond motifs is 1. The predicted octanol–water partition coefficient (Wildman–Crippen LogP) is 3.41. The van der Waals surface area contributed by atoms with Crippen molar-refractivity contribution < 1.29 is 4.74 Å². The highest BCUT2D eigenvalue weighted by atomic mass is 16.5. The van der Waals surface area contributed by atoms with Crippen LogP contribution >= 0.6 is 0 Å². The predicted molar refractivity (Wildman–Crippen MR) is 86.5 cm³/mol. The number of benzene rings is 2. The average Bonchev–Trinajstić information content (AvgIpc) is 2.54. The number of ether oxygens (including phenoxy) is 1. The Hall–Kier alpha value is -2.39. The molecule has 0 aliphatic rings. The number of hydrogen-bond acceptors (Lipinski definition) is 3. The highest BCUT2D eigenvalue weighted by Gasteiger charge is 2.10. The molecule has 0 saturated carbocycles. The highest BCUT2D eigenvalue weighted by molar-refractivity contribution is 5.97. The van der Waals surface area contributed by atoms with Crippen LogP contribution in [-0.2, 0) is 6.42 Å². The van der Waals surface area contributed by atoms with Crippen molar-refractivity contribution in [2.75, 3.05) is 13.7 Å². The molecular weight excluding hydrogens is 260 g/mol. The largest absolute Gasteiger partial charge is 0.496 e. The van der Waals surface area contributed by atoms with Gasteiger partial charge >= 0.3 is 0 Å². The van der Waals surface area contributed by atoms with E-state index >= 15 is 0 Å². The summed E-state index contributed by atoms with van der Waals surface area (Å²) in [5.41, 5.74) is 9.15. The van der Waals surface area contributed by atoms with Crippen LogP contribution in [-0.4, -0.2) is 18.6 Å². The van der Waals surface area contributed by atoms with Gasteiger partial charge in [0.05, 0.1) is 7.11 Å². The minimum atomic E-state index is 0.644. The first-order chi connectivity index (χ1) is 10.3. The fourth-order valence-corrected chi connectivity index (χ4v) is 2.65. The van der Waals surface area contributed by atoms with E-state index in [9.17, 15) is 0 Å². The first-order valence-electron chi connectivity index (χ1n) is 7.03. The lowest BCUT2D eigenvalue weighted by Gasteiger charge is -2.13. The van der Waals surface area contributed by atoms with Gasteiger partial charge in [-0.05, 0) is 47.7 Å². The van der Waals surface area contributed by atoms with Crippen molar-refractivity contribution >= 4 is 10.8 Å². The van der Waals surface area contributed by atoms with Gasteiger partial charge in [0, 0.05) is 23.3 Å². The van der Waals surface area contributed by atoms with E-state index in [-0.39, 0.29) is 0 Å². The van der Waals surface area contributed by atoms with E-state index in [4.69, 9.17) is 10.5 Å². The summed E-state index contributed by atoms with van der Waals surface area (Å²) in [4.78, 5) is 4.19. The van der Waals surface area contributed by atoms with Crippen molar-refractivity contribution in [2.24, 2.45) is 5.73 Å². The molecule has 1 heterocycles. The third kappa shape index (κ3) is 2.60. The topological polar surface area (TPSA) is 48.1 Å². The van der Waals surface area contributed by atoms with Gasteiger partial charge in [0.1, 0.15) is 5.75 Å². The van der Waals surface area contributed by atoms with Crippen LogP contribution in [0.3, 0.4) is 0 Å². The Bertz CT molecular complexity index is 763. The van der Waals surface area contributed by atoms with E-state index in [0.29, 0.717) is 6.54 Å². The minimum Gasteiger partial charge on any atom is -0.496 e. The Labute approximate surface area is 124 Å². The fourth-order valence-electron chi connectivity index (χ4n) is 2.65. The molecule has 0 amide bonds. The van der Waals surface area contributed by atoms with Crippen molar-refractivity contribution in [2.45, 2.75) is 6.42 Å². The summed E-state index contributed by atoms with van der Waals surface area (Å²) in [7, 11) is 1.70. The van der Waals surface area contributed by atoms with Crippen molar-refractivity contribution in [3.63, 3.8) is 0 Å². The zero-order valence-electron chi connectivity index (χ0n) is 12.0. The molecule has 3 rings (SSSR count). The molecule has 106 valence electrons. The SMILES string of the molecule is COc1ccc(CCN)cc1-c1cccc2cnccc12. The van der Waals surface area contributed by atoms with E-state index in [1.807, 2.05) is 30.6 Å². The summed E-state index contributed by atoms with van der Waals surface area (Å²) >= 11 is 0. The molecule has 0 atom stereocenters. The Morgan fingerprint density at radius 1 is 1.10 bits per heavy atom. The molecule has 0 aliphatic carbocycles. The molecule has 3 heteroatoms. The summed E-state index contributed by atoms with van der Waals surface area (Å²) in [5, 5.41) is 2.30. The average molecular weight is 278 g/mol. The van der Waals surface area contributed by atoms with Gasteiger partial charge in [-0.15, -0.1) is 0 Å². The van der Waals surface area contributed by atoms with Crippen LogP contribution in [0.1, 0.15) is 5.56 Å². The molecule has 1 aromatic heterocycles. The third-order valence-corrected chi connectivity index (χ3v) is 3.67. The number of nitrogens with zero attached hydrogens (tertiary/aromatic N) is 1. The number of hydrogen-bond donors (Lipinski definition) is 1. The zero-order chi connectivity index (χ0) is 14.7. The normalized spacial score (nSPS) is 10.8. The van der Waals surface area contributed by atoms with Crippen LogP contribution in [0.2, 0.25) is 0 Å². The maximum atomic E-state index is 5.67. The molecular formula is C18H18N2O. The zero-order valence-corrected chi connectivity index (χ0v) is 12.0. The van der Waals surface area contributed by atoms with Crippen molar-refractivity contribution in [3.05, 3.63) is 60.4 Å². The van der Waals surface area contributed by atoms with E-state index in [0.717, 1.165) is 28.7 Å². The molecule has 2 aromatic carbocycles. The van der Waals surface area contributed by atoms with Crippen LogP contribution in [0.25, 0.3) is 21.9 Å². The van der Waals surface area contributed by atoms with Crippen LogP contribution in [0.5, 0.6) is 5.75 Å². The van der Waals surface area contributed by atoms with Crippen molar-refractivity contribution in [1.29, 1.82) is 0 Å². The van der Waals surface area contributed by atoms with Gasteiger partial charge in [0.15, 0.2) is 0 Å². The molecule has 0 spiro atoms. The van der Waals surface area contributed by atoms with Crippen molar-refractivity contribution in [1.82, 2.24) is 4.98 Å². The van der Waals surface area contributed by atoms with Crippen molar-refractivity contribution in [3.8, 4) is 16.9 Å². The lowest BCUT2D eigenvalue weighted by atomic mass is 9.96. The van der Waals surface area contributed by atoms with Gasteiger partial charge in [-0.2, -0.15) is 0 Å². The Morgan fingerprint density at radius 2 is 2.00 bits per heavy atom. The molecule has 3 nitrogen and oxygen atoms in total. The number of rotatable bonds is 4. The fraction of sp³-hybridized carbons (Fsp3) is 0.167. The maximum Gasteiger partial charge on any atom is 0.126 e. The van der Waals surface area contributed by atoms with Crippen LogP contribution in [0.15, 0.2) is 54.9 Å². The number of nitrogens with two attached hydrogens (primary N) is 1. The van der Waals surface area contributed by atoms with Gasteiger partial charge in [-0.3, -0.25) is 4.98 Å². The van der Waals surface area contributed by atoms with E-state index in [2.05, 4.69) is 29.2 Å². The molecule has 0 radical (unpaired) electrons. The third-order valence-electron chi connectivity index (χ3n) is 3.67. The first kappa shape index (κ1) is 13.6. The number of aromatic nitrogens is 1. The molecule has 0 saturated heterocycles. The van der Waals surface area contributed by atoms with Crippen LogP contribution < -0.4 is 10.5 Å². The quantitative estimate of drug-likeness (QED) is 0.795. The van der Waals surface area contributed by atoms with Crippen LogP contribution in [0.4, 0.5) is 0 Å². The molecule has 21 heavy (non-hydrogen) atoms. The monoisotopic (exact) mass is 278 g/mol. The number of methoxy groups -OCH3 is 1. The van der Waals surface area contributed by atoms with Crippen LogP contribution in [0, 0.1) is 0 Å². The molecule has 0 bridgehead atoms. The lowest BCUT2D eigenvalue weighted by molar-refractivity contribution is 0.416. The minimum absolute atomic E-state index is 0.644. The van der Waals surface area contributed by atoms with Gasteiger partial charge in [0.2, 0.25) is 0 Å². The summed E-state index contributed by atoms with van der Waals surface area (Å²) < 4.78 is 5.53. The summed E-state index contributed by atoms with van der Waals surface area (Å²) in [6, 6.07) is 14.5. The highest BCUT2D eigenvalue weighted by Crippen LogP contribution is 2.35. The first-order valence-corrected chi connectivity index (χ1v) is 7.03. The second-order valence-electron chi connectivity index (χ2n) is 4.98. The smallest absolute Gasteiger partial charge is 0.126 e. The standard InChI is InChI=1S/C18H18N2O/c1-21-18-6-5-13(7-9-19)11-17(18)16-4-2-3-14-12-20-10-8-15(14)16/h2-6,8,10-12H,7,9,19H2,1H3. The Balaban J connectivity index is 2.23. The molecule has 0 aliphatic heterocycles. The molecule has 0 unspecified atom stereocenters. The molecule has 0 fully saturated rings. The Morgan fingerprint density at radius 3 is 2.81 bits per heavy atom. The summed E-state index contributed by atoms with van der Waals surface area (Å²) in [6.07, 6.45) is 4.57. The second kappa shape index (κ2) is 5.94. The molecule has 3 aromatic rings. The Kier molecular flexibility index (Phi) is 3.84. The van der Waals surface area contributed by atoms with E-state index in [1.54, 1.807) is 7.11 Å². The maximum absolute atomic E-state index is 5.67. The number of pyridine rings is 1. The van der Waals surface area contributed by atoms with Gasteiger partial charge in [-0.1, -0.05) is 24.3 Å². The van der Waals surface area contributed by atoms with Gasteiger partial charge in [-0.25, -0.2) is 0 Å². The second-order valence-corrected chi connectivity index (χ2v) is 4.98. The van der Waals surface area contributed by atoms with Gasteiger partial charge in [0.25, 0.3) is 0 Å². The van der Waals surface area contributed by atoms with Gasteiger partial charge < -0.3 is 10.5 Å².